The number of imide groups is 1. The molecular formula is C16H20N4O4. The molecule has 2 N–H and O–H groups in total. The largest absolute Gasteiger partial charge is 0.448 e. The summed E-state index contributed by atoms with van der Waals surface area (Å²) in [6, 6.07) is 6.63. The highest BCUT2D eigenvalue weighted by Gasteiger charge is 2.29. The summed E-state index contributed by atoms with van der Waals surface area (Å²) in [5, 5.41) is 5.72. The second kappa shape index (κ2) is 6.77. The lowest BCUT2D eigenvalue weighted by Crippen LogP contribution is -2.43. The Morgan fingerprint density at radius 1 is 1.38 bits per heavy atom. The number of amides is 4. The number of nitrogens with zero attached hydrogens (tertiary/aromatic N) is 2. The number of carbonyl (C=O) groups excluding carboxylic acids is 3. The van der Waals surface area contributed by atoms with Gasteiger partial charge in [-0.25, -0.2) is 9.59 Å². The molecule has 2 aliphatic rings. The Hall–Kier alpha value is -2.77. The number of ether oxygens (including phenoxy) is 1. The van der Waals surface area contributed by atoms with E-state index < -0.39 is 6.04 Å². The smallest absolute Gasteiger partial charge is 0.410 e. The van der Waals surface area contributed by atoms with Crippen molar-refractivity contribution in [3.8, 4) is 0 Å². The second-order valence-corrected chi connectivity index (χ2v) is 5.82. The molecular weight excluding hydrogens is 312 g/mol. The molecule has 0 saturated carbocycles. The molecule has 0 aromatic heterocycles. The average Bonchev–Trinajstić information content (AvgIpc) is 3.16. The van der Waals surface area contributed by atoms with Gasteiger partial charge in [-0.2, -0.15) is 0 Å². The Labute approximate surface area is 139 Å². The molecule has 0 spiro atoms. The Morgan fingerprint density at radius 2 is 2.21 bits per heavy atom. The average molecular weight is 332 g/mol. The van der Waals surface area contributed by atoms with Crippen LogP contribution in [0, 0.1) is 0 Å². The predicted octanol–water partition coefficient (Wildman–Crippen LogP) is 0.991. The minimum absolute atomic E-state index is 0.265. The molecule has 8 nitrogen and oxygen atoms in total. The number of hydrogen-bond acceptors (Lipinski definition) is 5. The van der Waals surface area contributed by atoms with Crippen molar-refractivity contribution in [2.45, 2.75) is 19.5 Å². The first-order valence-corrected chi connectivity index (χ1v) is 7.91. The van der Waals surface area contributed by atoms with E-state index in [1.165, 1.54) is 4.90 Å². The summed E-state index contributed by atoms with van der Waals surface area (Å²) in [6.45, 7) is 4.05. The third kappa shape index (κ3) is 3.42. The molecule has 8 heteroatoms. The molecule has 2 heterocycles. The Balaban J connectivity index is 1.62. The van der Waals surface area contributed by atoms with E-state index in [0.717, 1.165) is 11.3 Å². The summed E-state index contributed by atoms with van der Waals surface area (Å²) in [6.07, 6.45) is -0.308. The van der Waals surface area contributed by atoms with E-state index in [-0.39, 0.29) is 18.0 Å². The van der Waals surface area contributed by atoms with Crippen LogP contribution >= 0.6 is 0 Å². The van der Waals surface area contributed by atoms with Gasteiger partial charge in [-0.1, -0.05) is 12.1 Å². The fourth-order valence-electron chi connectivity index (χ4n) is 2.78. The molecule has 2 saturated heterocycles. The summed E-state index contributed by atoms with van der Waals surface area (Å²) >= 11 is 0. The maximum absolute atomic E-state index is 12.3. The Morgan fingerprint density at radius 3 is 2.88 bits per heavy atom. The van der Waals surface area contributed by atoms with Gasteiger partial charge in [-0.15, -0.1) is 0 Å². The quantitative estimate of drug-likeness (QED) is 0.839. The third-order valence-corrected chi connectivity index (χ3v) is 4.02. The van der Waals surface area contributed by atoms with Gasteiger partial charge in [0.05, 0.1) is 6.54 Å². The van der Waals surface area contributed by atoms with Crippen molar-refractivity contribution >= 4 is 23.7 Å². The van der Waals surface area contributed by atoms with Crippen LogP contribution in [0.15, 0.2) is 24.3 Å². The van der Waals surface area contributed by atoms with Crippen molar-refractivity contribution in [1.82, 2.24) is 15.1 Å². The lowest BCUT2D eigenvalue weighted by atomic mass is 10.1. The van der Waals surface area contributed by atoms with Gasteiger partial charge in [-0.3, -0.25) is 9.69 Å². The van der Waals surface area contributed by atoms with Crippen molar-refractivity contribution in [3.63, 3.8) is 0 Å². The summed E-state index contributed by atoms with van der Waals surface area (Å²) in [7, 11) is 0. The highest BCUT2D eigenvalue weighted by Crippen LogP contribution is 2.16. The molecule has 128 valence electrons. The molecule has 3 rings (SSSR count). The van der Waals surface area contributed by atoms with E-state index in [9.17, 15) is 14.4 Å². The van der Waals surface area contributed by atoms with Crippen LogP contribution in [-0.2, 0) is 16.1 Å². The minimum Gasteiger partial charge on any atom is -0.448 e. The van der Waals surface area contributed by atoms with Crippen LogP contribution in [0.3, 0.4) is 0 Å². The number of benzene rings is 1. The monoisotopic (exact) mass is 332 g/mol. The lowest BCUT2D eigenvalue weighted by molar-refractivity contribution is -0.128. The number of hydrogen-bond donors (Lipinski definition) is 2. The standard InChI is InChI=1S/C16H20N4O4/c1-11(14(21)20-6-5-17-15(20)22)18-13-4-2-3-12(9-13)10-19-7-8-24-16(19)23/h2-4,9,11,18H,5-8,10H2,1H3,(H,17,22)/t11-/m0/s1. The van der Waals surface area contributed by atoms with Crippen LogP contribution in [0.4, 0.5) is 15.3 Å². The number of anilines is 1. The first kappa shape index (κ1) is 16.1. The molecule has 1 aromatic carbocycles. The lowest BCUT2D eigenvalue weighted by Gasteiger charge is -2.20. The fraction of sp³-hybridized carbons (Fsp3) is 0.438. The van der Waals surface area contributed by atoms with Crippen molar-refractivity contribution < 1.29 is 19.1 Å². The number of nitrogens with one attached hydrogen (secondary N) is 2. The van der Waals surface area contributed by atoms with Gasteiger partial charge in [0, 0.05) is 25.3 Å². The molecule has 0 unspecified atom stereocenters. The zero-order chi connectivity index (χ0) is 17.1. The Kier molecular flexibility index (Phi) is 4.54. The topological polar surface area (TPSA) is 91.0 Å². The molecule has 2 fully saturated rings. The fourth-order valence-corrected chi connectivity index (χ4v) is 2.78. The maximum atomic E-state index is 12.3. The van der Waals surface area contributed by atoms with Crippen molar-refractivity contribution in [2.75, 3.05) is 31.6 Å². The molecule has 1 atom stereocenters. The van der Waals surface area contributed by atoms with Crippen LogP contribution in [0.2, 0.25) is 0 Å². The van der Waals surface area contributed by atoms with Crippen LogP contribution in [0.5, 0.6) is 0 Å². The van der Waals surface area contributed by atoms with Crippen LogP contribution in [0.1, 0.15) is 12.5 Å². The van der Waals surface area contributed by atoms with E-state index in [2.05, 4.69) is 10.6 Å². The predicted molar refractivity (Wildman–Crippen MR) is 86.4 cm³/mol. The van der Waals surface area contributed by atoms with Gasteiger partial charge >= 0.3 is 12.1 Å². The summed E-state index contributed by atoms with van der Waals surface area (Å²) in [4.78, 5) is 38.2. The summed E-state index contributed by atoms with van der Waals surface area (Å²) < 4.78 is 4.91. The zero-order valence-electron chi connectivity index (χ0n) is 13.4. The molecule has 2 aliphatic heterocycles. The van der Waals surface area contributed by atoms with E-state index in [1.54, 1.807) is 11.8 Å². The molecule has 4 amide bonds. The molecule has 0 bridgehead atoms. The van der Waals surface area contributed by atoms with Gasteiger partial charge in [0.1, 0.15) is 12.6 Å². The second-order valence-electron chi connectivity index (χ2n) is 5.82. The maximum Gasteiger partial charge on any atom is 0.410 e. The summed E-state index contributed by atoms with van der Waals surface area (Å²) in [5.74, 6) is -0.265. The Bertz CT molecular complexity index is 663. The molecule has 1 aromatic rings. The van der Waals surface area contributed by atoms with Crippen LogP contribution in [0.25, 0.3) is 0 Å². The SMILES string of the molecule is C[C@H](Nc1cccc(CN2CCOC2=O)c1)C(=O)N1CCNC1=O. The van der Waals surface area contributed by atoms with Crippen molar-refractivity contribution in [3.05, 3.63) is 29.8 Å². The number of carbonyl (C=O) groups is 3. The number of rotatable bonds is 5. The van der Waals surface area contributed by atoms with Crippen molar-refractivity contribution in [1.29, 1.82) is 0 Å². The van der Waals surface area contributed by atoms with Gasteiger partial charge < -0.3 is 20.3 Å². The highest BCUT2D eigenvalue weighted by atomic mass is 16.6. The van der Waals surface area contributed by atoms with Gasteiger partial charge in [0.25, 0.3) is 5.91 Å². The van der Waals surface area contributed by atoms with E-state index in [0.29, 0.717) is 32.8 Å². The van der Waals surface area contributed by atoms with E-state index in [4.69, 9.17) is 4.74 Å². The highest BCUT2D eigenvalue weighted by molar-refractivity contribution is 5.99. The normalized spacial score (nSPS) is 18.4. The van der Waals surface area contributed by atoms with Gasteiger partial charge in [-0.05, 0) is 24.6 Å². The van der Waals surface area contributed by atoms with Gasteiger partial charge in [0.15, 0.2) is 0 Å². The molecule has 0 radical (unpaired) electrons. The molecule has 24 heavy (non-hydrogen) atoms. The van der Waals surface area contributed by atoms with Gasteiger partial charge in [0.2, 0.25) is 0 Å². The first-order chi connectivity index (χ1) is 11.5. The van der Waals surface area contributed by atoms with Crippen LogP contribution < -0.4 is 10.6 Å². The first-order valence-electron chi connectivity index (χ1n) is 7.91. The van der Waals surface area contributed by atoms with Crippen LogP contribution in [-0.4, -0.2) is 60.1 Å². The van der Waals surface area contributed by atoms with Crippen molar-refractivity contribution in [2.24, 2.45) is 0 Å². The third-order valence-electron chi connectivity index (χ3n) is 4.02. The van der Waals surface area contributed by atoms with E-state index >= 15 is 0 Å². The number of urea groups is 1. The zero-order valence-corrected chi connectivity index (χ0v) is 13.4. The molecule has 0 aliphatic carbocycles. The van der Waals surface area contributed by atoms with E-state index in [1.807, 2.05) is 24.3 Å². The minimum atomic E-state index is -0.527. The summed E-state index contributed by atoms with van der Waals surface area (Å²) in [5.41, 5.74) is 1.71. The number of cyclic esters (lactones) is 1.